The highest BCUT2D eigenvalue weighted by atomic mass is 32.1. The fourth-order valence-electron chi connectivity index (χ4n) is 3.38. The third kappa shape index (κ3) is 3.26. The highest BCUT2D eigenvalue weighted by Gasteiger charge is 2.34. The Kier molecular flexibility index (Phi) is 4.18. The molecule has 1 saturated carbocycles. The number of carbonyl (C=O) groups excluding carboxylic acids is 1. The second kappa shape index (κ2) is 6.33. The van der Waals surface area contributed by atoms with Gasteiger partial charge in [-0.1, -0.05) is 0 Å². The van der Waals surface area contributed by atoms with Crippen molar-refractivity contribution in [1.82, 2.24) is 15.2 Å². The van der Waals surface area contributed by atoms with Crippen LogP contribution in [0.25, 0.3) is 10.8 Å². The summed E-state index contributed by atoms with van der Waals surface area (Å²) in [5, 5.41) is 3.88. The number of amides is 1. The van der Waals surface area contributed by atoms with Crippen LogP contribution in [0.4, 0.5) is 0 Å². The van der Waals surface area contributed by atoms with Crippen molar-refractivity contribution >= 4 is 17.2 Å². The average molecular weight is 345 g/mol. The van der Waals surface area contributed by atoms with Crippen molar-refractivity contribution in [3.05, 3.63) is 28.5 Å². The Labute approximate surface area is 146 Å². The lowest BCUT2D eigenvalue weighted by Gasteiger charge is -2.15. The number of nitrogens with one attached hydrogen (secondary N) is 1. The van der Waals surface area contributed by atoms with Crippen molar-refractivity contribution < 1.29 is 9.21 Å². The van der Waals surface area contributed by atoms with Gasteiger partial charge < -0.3 is 14.6 Å². The van der Waals surface area contributed by atoms with Crippen LogP contribution in [0.2, 0.25) is 0 Å². The summed E-state index contributed by atoms with van der Waals surface area (Å²) in [6.07, 6.45) is 3.90. The summed E-state index contributed by atoms with van der Waals surface area (Å²) in [5.74, 6) is 2.15. The molecule has 0 aromatic carbocycles. The Morgan fingerprint density at radius 2 is 2.21 bits per heavy atom. The summed E-state index contributed by atoms with van der Waals surface area (Å²) in [7, 11) is 0. The van der Waals surface area contributed by atoms with E-state index in [1.165, 1.54) is 37.1 Å². The number of hydrogen-bond donors (Lipinski definition) is 1. The molecule has 5 nitrogen and oxygen atoms in total. The predicted molar refractivity (Wildman–Crippen MR) is 94.3 cm³/mol. The molecule has 1 amide bonds. The molecule has 1 aliphatic heterocycles. The fourth-order valence-corrected chi connectivity index (χ4v) is 4.32. The number of aryl methyl sites for hydroxylation is 2. The Hall–Kier alpha value is -1.66. The lowest BCUT2D eigenvalue weighted by atomic mass is 10.1. The van der Waals surface area contributed by atoms with Gasteiger partial charge in [0.25, 0.3) is 5.91 Å². The number of furan rings is 1. The lowest BCUT2D eigenvalue weighted by molar-refractivity contribution is 0.0950. The zero-order valence-electron chi connectivity index (χ0n) is 14.2. The highest BCUT2D eigenvalue weighted by Crippen LogP contribution is 2.32. The molecule has 4 rings (SSSR count). The quantitative estimate of drug-likeness (QED) is 0.904. The van der Waals surface area contributed by atoms with Crippen LogP contribution in [-0.4, -0.2) is 41.5 Å². The van der Waals surface area contributed by atoms with E-state index < -0.39 is 0 Å². The van der Waals surface area contributed by atoms with Gasteiger partial charge in [0.15, 0.2) is 10.8 Å². The van der Waals surface area contributed by atoms with Crippen molar-refractivity contribution in [3.63, 3.8) is 0 Å². The SMILES string of the molecule is Cc1ccc(-c2nc(C)c(C(=O)NCC3CCN(C4CC4)C3)s2)o1. The number of carbonyl (C=O) groups is 1. The van der Waals surface area contributed by atoms with Gasteiger partial charge in [0, 0.05) is 19.1 Å². The third-order valence-corrected chi connectivity index (χ3v) is 6.06. The van der Waals surface area contributed by atoms with Crippen molar-refractivity contribution in [2.75, 3.05) is 19.6 Å². The monoisotopic (exact) mass is 345 g/mol. The molecule has 2 fully saturated rings. The molecule has 1 unspecified atom stereocenters. The summed E-state index contributed by atoms with van der Waals surface area (Å²) < 4.78 is 5.61. The molecular formula is C18H23N3O2S. The number of hydrogen-bond acceptors (Lipinski definition) is 5. The molecule has 24 heavy (non-hydrogen) atoms. The van der Waals surface area contributed by atoms with E-state index in [-0.39, 0.29) is 5.91 Å². The van der Waals surface area contributed by atoms with Gasteiger partial charge >= 0.3 is 0 Å². The molecule has 2 aromatic heterocycles. The maximum Gasteiger partial charge on any atom is 0.263 e. The van der Waals surface area contributed by atoms with Gasteiger partial charge in [-0.15, -0.1) is 11.3 Å². The minimum Gasteiger partial charge on any atom is -0.459 e. The standard InChI is InChI=1S/C18H23N3O2S/c1-11-3-6-15(23-11)18-20-12(2)16(24-18)17(22)19-9-13-7-8-21(10-13)14-4-5-14/h3,6,13-14H,4-5,7-10H2,1-2H3,(H,19,22). The van der Waals surface area contributed by atoms with E-state index in [1.807, 2.05) is 26.0 Å². The van der Waals surface area contributed by atoms with Gasteiger partial charge in [-0.25, -0.2) is 4.98 Å². The van der Waals surface area contributed by atoms with Crippen molar-refractivity contribution in [2.24, 2.45) is 5.92 Å². The first kappa shape index (κ1) is 15.8. The van der Waals surface area contributed by atoms with Crippen molar-refractivity contribution in [2.45, 2.75) is 39.2 Å². The van der Waals surface area contributed by atoms with Crippen LogP contribution in [0.5, 0.6) is 0 Å². The van der Waals surface area contributed by atoms with Crippen LogP contribution < -0.4 is 5.32 Å². The summed E-state index contributed by atoms with van der Waals surface area (Å²) in [4.78, 5) is 20.3. The molecule has 0 bridgehead atoms. The Bertz CT molecular complexity index is 747. The van der Waals surface area contributed by atoms with E-state index in [0.29, 0.717) is 10.8 Å². The van der Waals surface area contributed by atoms with Crippen molar-refractivity contribution in [3.8, 4) is 10.8 Å². The van der Waals surface area contributed by atoms with E-state index in [2.05, 4.69) is 15.2 Å². The molecule has 0 spiro atoms. The normalized spacial score (nSPS) is 21.3. The fraction of sp³-hybridized carbons (Fsp3) is 0.556. The van der Waals surface area contributed by atoms with E-state index in [9.17, 15) is 4.79 Å². The second-order valence-electron chi connectivity index (χ2n) is 6.93. The maximum atomic E-state index is 12.5. The number of nitrogens with zero attached hydrogens (tertiary/aromatic N) is 2. The molecule has 1 atom stereocenters. The number of thiazole rings is 1. The first-order valence-electron chi connectivity index (χ1n) is 8.66. The molecule has 0 radical (unpaired) electrons. The van der Waals surface area contributed by atoms with Gasteiger partial charge in [-0.2, -0.15) is 0 Å². The highest BCUT2D eigenvalue weighted by molar-refractivity contribution is 7.17. The molecule has 3 heterocycles. The summed E-state index contributed by atoms with van der Waals surface area (Å²) in [5.41, 5.74) is 0.771. The van der Waals surface area contributed by atoms with Gasteiger partial charge in [0.2, 0.25) is 0 Å². The number of rotatable bonds is 5. The maximum absolute atomic E-state index is 12.5. The van der Waals surface area contributed by atoms with Crippen LogP contribution in [-0.2, 0) is 0 Å². The predicted octanol–water partition coefficient (Wildman–Crippen LogP) is 3.23. The smallest absolute Gasteiger partial charge is 0.263 e. The summed E-state index contributed by atoms with van der Waals surface area (Å²) in [6.45, 7) is 6.87. The van der Waals surface area contributed by atoms with Crippen LogP contribution in [0, 0.1) is 19.8 Å². The Balaban J connectivity index is 1.37. The minimum atomic E-state index is -0.00981. The number of likely N-dealkylation sites (tertiary alicyclic amines) is 1. The van der Waals surface area contributed by atoms with Gasteiger partial charge in [-0.3, -0.25) is 4.79 Å². The van der Waals surface area contributed by atoms with Gasteiger partial charge in [-0.05, 0) is 57.7 Å². The molecule has 6 heteroatoms. The molecule has 1 N–H and O–H groups in total. The van der Waals surface area contributed by atoms with Crippen LogP contribution in [0.1, 0.15) is 40.4 Å². The van der Waals surface area contributed by atoms with E-state index in [1.54, 1.807) is 0 Å². The Morgan fingerprint density at radius 1 is 1.38 bits per heavy atom. The van der Waals surface area contributed by atoms with Gasteiger partial charge in [0.05, 0.1) is 5.69 Å². The molecule has 1 saturated heterocycles. The average Bonchev–Trinajstić information content (AvgIpc) is 2.96. The molecule has 2 aliphatic rings. The molecular weight excluding hydrogens is 322 g/mol. The first-order valence-corrected chi connectivity index (χ1v) is 9.48. The molecule has 128 valence electrons. The molecule has 1 aliphatic carbocycles. The van der Waals surface area contributed by atoms with Crippen molar-refractivity contribution in [1.29, 1.82) is 0 Å². The van der Waals surface area contributed by atoms with Crippen LogP contribution in [0.15, 0.2) is 16.5 Å². The summed E-state index contributed by atoms with van der Waals surface area (Å²) >= 11 is 1.40. The number of aromatic nitrogens is 1. The topological polar surface area (TPSA) is 58.4 Å². The zero-order valence-corrected chi connectivity index (χ0v) is 15.0. The molecule has 2 aromatic rings. The Morgan fingerprint density at radius 3 is 2.92 bits per heavy atom. The third-order valence-electron chi connectivity index (χ3n) is 4.89. The second-order valence-corrected chi connectivity index (χ2v) is 7.93. The lowest BCUT2D eigenvalue weighted by Crippen LogP contribution is -2.31. The van der Waals surface area contributed by atoms with E-state index >= 15 is 0 Å². The van der Waals surface area contributed by atoms with E-state index in [0.717, 1.165) is 41.4 Å². The summed E-state index contributed by atoms with van der Waals surface area (Å²) in [6, 6.07) is 4.64. The van der Waals surface area contributed by atoms with Gasteiger partial charge in [0.1, 0.15) is 10.6 Å². The minimum absolute atomic E-state index is 0.00981. The zero-order chi connectivity index (χ0) is 16.7. The van der Waals surface area contributed by atoms with Crippen LogP contribution in [0.3, 0.4) is 0 Å². The first-order chi connectivity index (χ1) is 11.6. The van der Waals surface area contributed by atoms with Crippen LogP contribution >= 0.6 is 11.3 Å². The van der Waals surface area contributed by atoms with E-state index in [4.69, 9.17) is 4.42 Å². The largest absolute Gasteiger partial charge is 0.459 e.